The maximum Gasteiger partial charge on any atom is 0.261 e. The van der Waals surface area contributed by atoms with E-state index in [4.69, 9.17) is 26.4 Å². The van der Waals surface area contributed by atoms with Gasteiger partial charge in [0.2, 0.25) is 0 Å². The van der Waals surface area contributed by atoms with Crippen LogP contribution in [0, 0.1) is 5.92 Å². The molecule has 1 amide bonds. The van der Waals surface area contributed by atoms with Crippen molar-refractivity contribution in [3.05, 3.63) is 84.4 Å². The summed E-state index contributed by atoms with van der Waals surface area (Å²) in [6, 6.07) is 24.1. The molecule has 0 heterocycles. The van der Waals surface area contributed by atoms with E-state index in [1.807, 2.05) is 60.7 Å². The number of hydrogen-bond donors (Lipinski definition) is 2. The molecule has 0 saturated carbocycles. The van der Waals surface area contributed by atoms with Gasteiger partial charge in [0, 0.05) is 5.69 Å². The minimum atomic E-state index is -0.323. The number of para-hydroxylation sites is 2. The van der Waals surface area contributed by atoms with E-state index in [-0.39, 0.29) is 11.0 Å². The molecule has 0 aliphatic heterocycles. The minimum absolute atomic E-state index is 0.201. The van der Waals surface area contributed by atoms with E-state index in [2.05, 4.69) is 24.5 Å². The van der Waals surface area contributed by atoms with Crippen molar-refractivity contribution in [3.8, 4) is 17.2 Å². The van der Waals surface area contributed by atoms with Gasteiger partial charge in [-0.3, -0.25) is 10.1 Å². The number of ether oxygens (including phenoxy) is 3. The second-order valence-corrected chi connectivity index (χ2v) is 8.38. The maximum absolute atomic E-state index is 12.7. The van der Waals surface area contributed by atoms with Gasteiger partial charge in [-0.15, -0.1) is 0 Å². The van der Waals surface area contributed by atoms with Gasteiger partial charge in [0.05, 0.1) is 12.2 Å². The lowest BCUT2D eigenvalue weighted by atomic mass is 10.1. The maximum atomic E-state index is 12.7. The van der Waals surface area contributed by atoms with Crippen LogP contribution in [0.1, 0.15) is 30.6 Å². The van der Waals surface area contributed by atoms with Crippen molar-refractivity contribution in [3.63, 3.8) is 0 Å². The Morgan fingerprint density at radius 1 is 0.794 bits per heavy atom. The number of rotatable bonds is 11. The largest absolute Gasteiger partial charge is 0.493 e. The zero-order valence-electron chi connectivity index (χ0n) is 19.5. The number of thiocarbonyl (C=S) groups is 1. The Morgan fingerprint density at radius 3 is 2.09 bits per heavy atom. The molecule has 0 fully saturated rings. The Hall–Kier alpha value is -3.58. The van der Waals surface area contributed by atoms with Crippen molar-refractivity contribution in [2.24, 2.45) is 5.92 Å². The normalized spacial score (nSPS) is 10.4. The summed E-state index contributed by atoms with van der Waals surface area (Å²) in [7, 11) is 0. The molecular weight excluding hydrogens is 448 g/mol. The number of amides is 1. The van der Waals surface area contributed by atoms with Crippen LogP contribution in [0.15, 0.2) is 78.9 Å². The Labute approximate surface area is 206 Å². The topological polar surface area (TPSA) is 68.8 Å². The number of anilines is 1. The van der Waals surface area contributed by atoms with E-state index < -0.39 is 0 Å². The second kappa shape index (κ2) is 13.2. The molecule has 0 unspecified atom stereocenters. The third-order valence-electron chi connectivity index (χ3n) is 4.79. The van der Waals surface area contributed by atoms with Crippen LogP contribution in [0.3, 0.4) is 0 Å². The summed E-state index contributed by atoms with van der Waals surface area (Å²) in [4.78, 5) is 12.7. The summed E-state index contributed by atoms with van der Waals surface area (Å²) in [6.07, 6.45) is 0.912. The first-order valence-electron chi connectivity index (χ1n) is 11.3. The Kier molecular flexibility index (Phi) is 9.73. The van der Waals surface area contributed by atoms with Crippen LogP contribution in [-0.2, 0) is 0 Å². The molecule has 0 spiro atoms. The first-order valence-corrected chi connectivity index (χ1v) is 11.7. The first kappa shape index (κ1) is 25.1. The lowest BCUT2D eigenvalue weighted by molar-refractivity contribution is 0.0973. The van der Waals surface area contributed by atoms with Crippen LogP contribution in [0.25, 0.3) is 0 Å². The fourth-order valence-electron chi connectivity index (χ4n) is 2.99. The number of carbonyl (C=O) groups is 1. The average molecular weight is 479 g/mol. The molecule has 0 bridgehead atoms. The third kappa shape index (κ3) is 8.41. The van der Waals surface area contributed by atoms with E-state index >= 15 is 0 Å². The molecule has 3 aromatic carbocycles. The minimum Gasteiger partial charge on any atom is -0.493 e. The summed E-state index contributed by atoms with van der Waals surface area (Å²) in [5, 5.41) is 5.93. The smallest absolute Gasteiger partial charge is 0.261 e. The highest BCUT2D eigenvalue weighted by molar-refractivity contribution is 7.80. The number of benzene rings is 3. The predicted octanol–water partition coefficient (Wildman–Crippen LogP) is 5.70. The third-order valence-corrected chi connectivity index (χ3v) is 4.99. The van der Waals surface area contributed by atoms with Gasteiger partial charge < -0.3 is 19.5 Å². The molecule has 0 radical (unpaired) electrons. The average Bonchev–Trinajstić information content (AvgIpc) is 2.83. The summed E-state index contributed by atoms with van der Waals surface area (Å²) in [5.41, 5.74) is 1.18. The fraction of sp³-hybridized carbons (Fsp3) is 0.259. The van der Waals surface area contributed by atoms with E-state index in [9.17, 15) is 4.79 Å². The lowest BCUT2D eigenvalue weighted by Crippen LogP contribution is -2.34. The molecular formula is C27H30N2O4S. The summed E-state index contributed by atoms with van der Waals surface area (Å²) in [6.45, 7) is 5.69. The van der Waals surface area contributed by atoms with Gasteiger partial charge in [-0.1, -0.05) is 44.2 Å². The highest BCUT2D eigenvalue weighted by atomic mass is 32.1. The molecule has 0 aliphatic rings. The van der Waals surface area contributed by atoms with Crippen LogP contribution in [0.5, 0.6) is 17.2 Å². The predicted molar refractivity (Wildman–Crippen MR) is 139 cm³/mol. The molecule has 0 aromatic heterocycles. The Balaban J connectivity index is 1.44. The van der Waals surface area contributed by atoms with Crippen molar-refractivity contribution in [1.82, 2.24) is 5.32 Å². The van der Waals surface area contributed by atoms with E-state index in [1.165, 1.54) is 0 Å². The summed E-state index contributed by atoms with van der Waals surface area (Å²) < 4.78 is 17.1. The van der Waals surface area contributed by atoms with Gasteiger partial charge >= 0.3 is 0 Å². The molecule has 2 N–H and O–H groups in total. The summed E-state index contributed by atoms with van der Waals surface area (Å²) >= 11 is 5.31. The highest BCUT2D eigenvalue weighted by Crippen LogP contribution is 2.19. The van der Waals surface area contributed by atoms with Crippen molar-refractivity contribution in [1.29, 1.82) is 0 Å². The number of hydrogen-bond acceptors (Lipinski definition) is 5. The standard InChI is InChI=1S/C27H30N2O4S/c1-20(2)16-17-33-25-11-7-6-10-24(25)26(30)29-27(34)28-21-12-14-23(15-13-21)32-19-18-31-22-8-4-3-5-9-22/h3-15,20H,16-19H2,1-2H3,(H2,28,29,30,34). The first-order chi connectivity index (χ1) is 16.5. The quantitative estimate of drug-likeness (QED) is 0.272. The number of nitrogens with one attached hydrogen (secondary N) is 2. The lowest BCUT2D eigenvalue weighted by Gasteiger charge is -2.14. The zero-order valence-corrected chi connectivity index (χ0v) is 20.3. The molecule has 3 aromatic rings. The van der Waals surface area contributed by atoms with E-state index in [0.717, 1.165) is 17.9 Å². The molecule has 6 nitrogen and oxygen atoms in total. The molecule has 7 heteroatoms. The van der Waals surface area contributed by atoms with Gasteiger partial charge in [-0.2, -0.15) is 0 Å². The van der Waals surface area contributed by atoms with E-state index in [0.29, 0.717) is 42.8 Å². The molecule has 0 saturated heterocycles. The Bertz CT molecular complexity index is 1060. The van der Waals surface area contributed by atoms with Gasteiger partial charge in [-0.25, -0.2) is 0 Å². The van der Waals surface area contributed by atoms with Crippen molar-refractivity contribution >= 4 is 28.9 Å². The van der Waals surface area contributed by atoms with Crippen LogP contribution in [0.4, 0.5) is 5.69 Å². The van der Waals surface area contributed by atoms with Gasteiger partial charge in [0.15, 0.2) is 5.11 Å². The molecule has 178 valence electrons. The molecule has 0 atom stereocenters. The molecule has 0 aliphatic carbocycles. The van der Waals surface area contributed by atoms with Crippen LogP contribution in [-0.4, -0.2) is 30.8 Å². The van der Waals surface area contributed by atoms with Gasteiger partial charge in [0.25, 0.3) is 5.91 Å². The van der Waals surface area contributed by atoms with Crippen molar-refractivity contribution in [2.45, 2.75) is 20.3 Å². The fourth-order valence-corrected chi connectivity index (χ4v) is 3.20. The molecule has 3 rings (SSSR count). The van der Waals surface area contributed by atoms with Gasteiger partial charge in [-0.05, 0) is 73.1 Å². The van der Waals surface area contributed by atoms with Crippen molar-refractivity contribution < 1.29 is 19.0 Å². The van der Waals surface area contributed by atoms with Gasteiger partial charge in [0.1, 0.15) is 30.5 Å². The highest BCUT2D eigenvalue weighted by Gasteiger charge is 2.14. The van der Waals surface area contributed by atoms with E-state index in [1.54, 1.807) is 18.2 Å². The zero-order chi connectivity index (χ0) is 24.2. The van der Waals surface area contributed by atoms with Crippen LogP contribution < -0.4 is 24.8 Å². The second-order valence-electron chi connectivity index (χ2n) is 7.97. The number of carbonyl (C=O) groups excluding carboxylic acids is 1. The van der Waals surface area contributed by atoms with Crippen LogP contribution >= 0.6 is 12.2 Å². The monoisotopic (exact) mass is 478 g/mol. The molecule has 34 heavy (non-hydrogen) atoms. The SMILES string of the molecule is CC(C)CCOc1ccccc1C(=O)NC(=S)Nc1ccc(OCCOc2ccccc2)cc1. The Morgan fingerprint density at radius 2 is 1.41 bits per heavy atom. The summed E-state index contributed by atoms with van der Waals surface area (Å²) in [5.74, 6) is 2.27. The van der Waals surface area contributed by atoms with Crippen LogP contribution in [0.2, 0.25) is 0 Å². The van der Waals surface area contributed by atoms with Crippen molar-refractivity contribution in [2.75, 3.05) is 25.1 Å².